The van der Waals surface area contributed by atoms with Gasteiger partial charge >= 0.3 is 0 Å². The molecule has 21 heavy (non-hydrogen) atoms. The fourth-order valence-electron chi connectivity index (χ4n) is 1.64. The molecule has 118 valence electrons. The van der Waals surface area contributed by atoms with Crippen molar-refractivity contribution in [1.82, 2.24) is 4.90 Å². The Morgan fingerprint density at radius 3 is 2.43 bits per heavy atom. The Bertz CT molecular complexity index is 647. The molecule has 4 nitrogen and oxygen atoms in total. The molecule has 0 bridgehead atoms. The van der Waals surface area contributed by atoms with E-state index in [2.05, 4.69) is 29.8 Å². The molecule has 0 saturated carbocycles. The normalized spacial score (nSPS) is 11.8. The van der Waals surface area contributed by atoms with Crippen molar-refractivity contribution in [2.24, 2.45) is 5.92 Å². The summed E-state index contributed by atoms with van der Waals surface area (Å²) < 4.78 is 23.2. The van der Waals surface area contributed by atoms with Gasteiger partial charge in [0, 0.05) is 29.8 Å². The first-order valence-electron chi connectivity index (χ1n) is 6.23. The van der Waals surface area contributed by atoms with Gasteiger partial charge in [-0.15, -0.1) is 0 Å². The molecule has 0 N–H and O–H groups in total. The third kappa shape index (κ3) is 5.13. The number of nitrogens with zero attached hydrogens (tertiary/aromatic N) is 1. The van der Waals surface area contributed by atoms with E-state index in [1.54, 1.807) is 7.05 Å². The smallest absolute Gasteiger partial charge is 0.262 e. The number of halogens is 3. The molecule has 1 aromatic carbocycles. The van der Waals surface area contributed by atoms with Crippen LogP contribution in [-0.2, 0) is 9.05 Å². The third-order valence-electron chi connectivity index (χ3n) is 2.89. The largest absolute Gasteiger partial charge is 0.342 e. The summed E-state index contributed by atoms with van der Waals surface area (Å²) in [5.74, 6) is 0.166. The Balaban J connectivity index is 3.14. The lowest BCUT2D eigenvalue weighted by Crippen LogP contribution is -2.28. The average Bonchev–Trinajstić information content (AvgIpc) is 2.36. The number of rotatable bonds is 5. The van der Waals surface area contributed by atoms with Crippen LogP contribution in [0.15, 0.2) is 21.5 Å². The molecule has 0 aliphatic carbocycles. The van der Waals surface area contributed by atoms with E-state index in [0.717, 1.165) is 6.42 Å². The lowest BCUT2D eigenvalue weighted by molar-refractivity contribution is 0.0789. The van der Waals surface area contributed by atoms with E-state index >= 15 is 0 Å². The Kier molecular flexibility index (Phi) is 6.53. The van der Waals surface area contributed by atoms with Crippen molar-refractivity contribution in [3.63, 3.8) is 0 Å². The predicted molar refractivity (Wildman–Crippen MR) is 88.6 cm³/mol. The van der Waals surface area contributed by atoms with Crippen molar-refractivity contribution < 1.29 is 13.2 Å². The summed E-state index contributed by atoms with van der Waals surface area (Å²) >= 11 is 9.03. The van der Waals surface area contributed by atoms with Crippen LogP contribution in [0, 0.1) is 5.92 Å². The molecule has 0 fully saturated rings. The van der Waals surface area contributed by atoms with Gasteiger partial charge in [-0.2, -0.15) is 0 Å². The number of carbonyl (C=O) groups is 1. The van der Waals surface area contributed by atoms with Gasteiger partial charge in [0.25, 0.3) is 15.0 Å². The minimum Gasteiger partial charge on any atom is -0.342 e. The number of hydrogen-bond acceptors (Lipinski definition) is 3. The minimum absolute atomic E-state index is 0.123. The molecule has 1 aromatic rings. The molecule has 0 heterocycles. The van der Waals surface area contributed by atoms with Gasteiger partial charge < -0.3 is 4.90 Å². The summed E-state index contributed by atoms with van der Waals surface area (Å²) in [4.78, 5) is 13.6. The first-order valence-corrected chi connectivity index (χ1v) is 9.71. The molecule has 0 unspecified atom stereocenters. The van der Waals surface area contributed by atoms with Crippen LogP contribution < -0.4 is 0 Å². The molecule has 0 aliphatic heterocycles. The highest BCUT2D eigenvalue weighted by Gasteiger charge is 2.22. The van der Waals surface area contributed by atoms with Crippen LogP contribution in [0.1, 0.15) is 30.6 Å². The van der Waals surface area contributed by atoms with E-state index in [0.29, 0.717) is 12.5 Å². The van der Waals surface area contributed by atoms with Crippen molar-refractivity contribution in [3.8, 4) is 0 Å². The van der Waals surface area contributed by atoms with Gasteiger partial charge in [-0.1, -0.05) is 25.4 Å². The second-order valence-electron chi connectivity index (χ2n) is 5.12. The Morgan fingerprint density at radius 2 is 1.95 bits per heavy atom. The monoisotopic (exact) mass is 415 g/mol. The topological polar surface area (TPSA) is 54.5 Å². The molecule has 0 aromatic heterocycles. The van der Waals surface area contributed by atoms with Crippen molar-refractivity contribution in [3.05, 3.63) is 27.2 Å². The Hall–Kier alpha value is -0.300. The number of benzene rings is 1. The third-order valence-corrected chi connectivity index (χ3v) is 5.88. The summed E-state index contributed by atoms with van der Waals surface area (Å²) in [5, 5.41) is 0.123. The predicted octanol–water partition coefficient (Wildman–Crippen LogP) is 4.15. The molecule has 0 saturated heterocycles. The maximum Gasteiger partial charge on any atom is 0.262 e. The summed E-state index contributed by atoms with van der Waals surface area (Å²) in [6.45, 7) is 4.70. The highest BCUT2D eigenvalue weighted by Crippen LogP contribution is 2.33. The van der Waals surface area contributed by atoms with Crippen LogP contribution in [0.5, 0.6) is 0 Å². The van der Waals surface area contributed by atoms with E-state index < -0.39 is 9.05 Å². The lowest BCUT2D eigenvalue weighted by Gasteiger charge is -2.19. The summed E-state index contributed by atoms with van der Waals surface area (Å²) in [6.07, 6.45) is 0.854. The van der Waals surface area contributed by atoms with Gasteiger partial charge in [0.15, 0.2) is 0 Å². The molecule has 0 spiro atoms. The van der Waals surface area contributed by atoms with Crippen LogP contribution in [0.4, 0.5) is 0 Å². The van der Waals surface area contributed by atoms with Gasteiger partial charge in [0.05, 0.1) is 14.4 Å². The van der Waals surface area contributed by atoms with E-state index in [4.69, 9.17) is 22.3 Å². The van der Waals surface area contributed by atoms with Crippen molar-refractivity contribution in [2.75, 3.05) is 13.6 Å². The number of carbonyl (C=O) groups excluding carboxylic acids is 1. The van der Waals surface area contributed by atoms with Crippen LogP contribution in [0.25, 0.3) is 0 Å². The zero-order chi connectivity index (χ0) is 16.4. The molecule has 0 aliphatic rings. The number of amides is 1. The maximum atomic E-state index is 12.3. The van der Waals surface area contributed by atoms with E-state index in [9.17, 15) is 13.2 Å². The standard InChI is InChI=1S/C13H16BrCl2NO3S/c1-8(2)4-5-17(3)13(18)9-6-10(15)12(14)11(7-9)21(16,19)20/h6-8H,4-5H2,1-3H3. The maximum absolute atomic E-state index is 12.3. The second kappa shape index (κ2) is 7.31. The van der Waals surface area contributed by atoms with E-state index in [1.807, 2.05) is 0 Å². The molecular weight excluding hydrogens is 401 g/mol. The van der Waals surface area contributed by atoms with Gasteiger partial charge in [0.2, 0.25) is 0 Å². The van der Waals surface area contributed by atoms with Crippen molar-refractivity contribution >= 4 is 53.2 Å². The summed E-state index contributed by atoms with van der Waals surface area (Å²) in [5.41, 5.74) is 0.189. The SMILES string of the molecule is CC(C)CCN(C)C(=O)c1cc(Cl)c(Br)c(S(=O)(=O)Cl)c1. The van der Waals surface area contributed by atoms with Crippen LogP contribution in [0.2, 0.25) is 5.02 Å². The fraction of sp³-hybridized carbons (Fsp3) is 0.462. The van der Waals surface area contributed by atoms with E-state index in [1.165, 1.54) is 17.0 Å². The molecule has 8 heteroatoms. The lowest BCUT2D eigenvalue weighted by atomic mass is 10.1. The van der Waals surface area contributed by atoms with Gasteiger partial charge in [0.1, 0.15) is 0 Å². The molecule has 1 amide bonds. The zero-order valence-corrected chi connectivity index (χ0v) is 15.8. The highest BCUT2D eigenvalue weighted by molar-refractivity contribution is 9.10. The van der Waals surface area contributed by atoms with Crippen molar-refractivity contribution in [1.29, 1.82) is 0 Å². The quantitative estimate of drug-likeness (QED) is 0.677. The summed E-state index contributed by atoms with van der Waals surface area (Å²) in [6, 6.07) is 2.65. The Morgan fingerprint density at radius 1 is 1.38 bits per heavy atom. The van der Waals surface area contributed by atoms with Crippen molar-refractivity contribution in [2.45, 2.75) is 25.2 Å². The average molecular weight is 417 g/mol. The molecule has 0 atom stereocenters. The first-order chi connectivity index (χ1) is 9.54. The highest BCUT2D eigenvalue weighted by atomic mass is 79.9. The molecular formula is C13H16BrCl2NO3S. The molecule has 0 radical (unpaired) electrons. The zero-order valence-electron chi connectivity index (χ0n) is 11.9. The van der Waals surface area contributed by atoms with Crippen LogP contribution in [-0.4, -0.2) is 32.8 Å². The van der Waals surface area contributed by atoms with Crippen LogP contribution >= 0.6 is 38.2 Å². The van der Waals surface area contributed by atoms with Gasteiger partial charge in [-0.05, 0) is 40.4 Å². The van der Waals surface area contributed by atoms with E-state index in [-0.39, 0.29) is 25.9 Å². The molecule has 1 rings (SSSR count). The fourth-order valence-corrected chi connectivity index (χ4v) is 4.02. The Labute approximate surface area is 143 Å². The van der Waals surface area contributed by atoms with Gasteiger partial charge in [-0.3, -0.25) is 4.79 Å². The summed E-state index contributed by atoms with van der Waals surface area (Å²) in [7, 11) is 3.02. The number of hydrogen-bond donors (Lipinski definition) is 0. The van der Waals surface area contributed by atoms with Gasteiger partial charge in [-0.25, -0.2) is 8.42 Å². The van der Waals surface area contributed by atoms with Crippen LogP contribution in [0.3, 0.4) is 0 Å². The minimum atomic E-state index is -3.99. The second-order valence-corrected chi connectivity index (χ2v) is 8.85. The first kappa shape index (κ1) is 18.7.